The largest absolute Gasteiger partial charge is 0.407 e. The minimum atomic E-state index is -2.54. The Labute approximate surface area is 208 Å². The summed E-state index contributed by atoms with van der Waals surface area (Å²) in [5.74, 6) is -0.303. The molecule has 186 valence electrons. The summed E-state index contributed by atoms with van der Waals surface area (Å²) in [4.78, 5) is 0. The van der Waals surface area contributed by atoms with E-state index in [0.29, 0.717) is 12.5 Å². The van der Waals surface area contributed by atoms with E-state index in [1.54, 1.807) is 0 Å². The molecule has 3 nitrogen and oxygen atoms in total. The summed E-state index contributed by atoms with van der Waals surface area (Å²) in [6.45, 7) is 22.4. The topological polar surface area (TPSA) is 27.7 Å². The third-order valence-electron chi connectivity index (χ3n) is 7.23. The van der Waals surface area contributed by atoms with Crippen molar-refractivity contribution in [3.8, 4) is 0 Å². The van der Waals surface area contributed by atoms with Gasteiger partial charge in [0.25, 0.3) is 8.32 Å². The predicted octanol–water partition coefficient (Wildman–Crippen LogP) is 6.32. The number of ether oxygens (including phenoxy) is 2. The van der Waals surface area contributed by atoms with Gasteiger partial charge in [0.1, 0.15) is 0 Å². The predicted molar refractivity (Wildman–Crippen MR) is 145 cm³/mol. The van der Waals surface area contributed by atoms with Gasteiger partial charge in [-0.25, -0.2) is 0 Å². The van der Waals surface area contributed by atoms with E-state index in [9.17, 15) is 0 Å². The molecule has 2 aromatic carbocycles. The van der Waals surface area contributed by atoms with Crippen LogP contribution >= 0.6 is 0 Å². The van der Waals surface area contributed by atoms with Crippen molar-refractivity contribution in [3.05, 3.63) is 73.3 Å². The molecule has 3 rings (SSSR count). The lowest BCUT2D eigenvalue weighted by molar-refractivity contribution is -0.334. The van der Waals surface area contributed by atoms with Crippen molar-refractivity contribution in [3.63, 3.8) is 0 Å². The van der Waals surface area contributed by atoms with Crippen molar-refractivity contribution in [1.29, 1.82) is 0 Å². The van der Waals surface area contributed by atoms with Crippen LogP contribution < -0.4 is 10.4 Å². The number of hydrogen-bond acceptors (Lipinski definition) is 3. The molecule has 3 atom stereocenters. The molecule has 0 radical (unpaired) electrons. The quantitative estimate of drug-likeness (QED) is 0.327. The highest BCUT2D eigenvalue weighted by molar-refractivity contribution is 6.99. The van der Waals surface area contributed by atoms with Crippen LogP contribution in [0.5, 0.6) is 0 Å². The molecule has 1 aliphatic heterocycles. The Balaban J connectivity index is 1.89. The fraction of sp³-hybridized carbons (Fsp3) is 0.533. The summed E-state index contributed by atoms with van der Waals surface area (Å²) >= 11 is 0. The SMILES string of the molecule is C=C[C@@H]1OC(C)(C)O[C@@H](C[C@H](C)CO[Si](c2ccccc2)(c2ccccc2)C(C)(C)C)C1(C)C. The zero-order chi connectivity index (χ0) is 25.2. The van der Waals surface area contributed by atoms with Crippen molar-refractivity contribution in [1.82, 2.24) is 0 Å². The van der Waals surface area contributed by atoms with E-state index < -0.39 is 14.1 Å². The molecule has 0 amide bonds. The highest BCUT2D eigenvalue weighted by atomic mass is 28.4. The monoisotopic (exact) mass is 480 g/mol. The van der Waals surface area contributed by atoms with Gasteiger partial charge in [-0.2, -0.15) is 0 Å². The Hall–Kier alpha value is -1.72. The Kier molecular flexibility index (Phi) is 7.98. The molecule has 0 saturated carbocycles. The van der Waals surface area contributed by atoms with E-state index in [1.807, 2.05) is 19.9 Å². The molecule has 0 spiro atoms. The highest BCUT2D eigenvalue weighted by Gasteiger charge is 2.51. The minimum Gasteiger partial charge on any atom is -0.407 e. The van der Waals surface area contributed by atoms with Gasteiger partial charge in [0.15, 0.2) is 5.79 Å². The van der Waals surface area contributed by atoms with E-state index in [-0.39, 0.29) is 22.7 Å². The van der Waals surface area contributed by atoms with Crippen LogP contribution in [0.2, 0.25) is 5.04 Å². The second-order valence-electron chi connectivity index (χ2n) is 11.9. The fourth-order valence-electron chi connectivity index (χ4n) is 5.33. The van der Waals surface area contributed by atoms with Crippen LogP contribution in [0, 0.1) is 11.3 Å². The molecule has 34 heavy (non-hydrogen) atoms. The summed E-state index contributed by atoms with van der Waals surface area (Å²) < 4.78 is 19.8. The highest BCUT2D eigenvalue weighted by Crippen LogP contribution is 2.43. The van der Waals surface area contributed by atoms with Gasteiger partial charge in [0, 0.05) is 12.0 Å². The van der Waals surface area contributed by atoms with Crippen LogP contribution in [-0.2, 0) is 13.9 Å². The van der Waals surface area contributed by atoms with E-state index in [4.69, 9.17) is 13.9 Å². The Bertz CT molecular complexity index is 891. The lowest BCUT2D eigenvalue weighted by Crippen LogP contribution is -2.67. The number of rotatable bonds is 8. The third-order valence-corrected chi connectivity index (χ3v) is 12.2. The van der Waals surface area contributed by atoms with Gasteiger partial charge in [-0.05, 0) is 41.6 Å². The minimum absolute atomic E-state index is 0.0280. The summed E-state index contributed by atoms with van der Waals surface area (Å²) in [5, 5.41) is 2.60. The Morgan fingerprint density at radius 3 is 1.88 bits per heavy atom. The second kappa shape index (κ2) is 10.1. The summed E-state index contributed by atoms with van der Waals surface area (Å²) in [6, 6.07) is 21.7. The summed E-state index contributed by atoms with van der Waals surface area (Å²) in [6.07, 6.45) is 2.83. The number of benzene rings is 2. The number of hydrogen-bond donors (Lipinski definition) is 0. The molecular weight excluding hydrogens is 436 g/mol. The van der Waals surface area contributed by atoms with Gasteiger partial charge in [-0.3, -0.25) is 0 Å². The van der Waals surface area contributed by atoms with E-state index in [2.05, 4.69) is 109 Å². The van der Waals surface area contributed by atoms with Crippen LogP contribution in [0.3, 0.4) is 0 Å². The molecular formula is C30H44O3Si. The molecule has 0 aromatic heterocycles. The van der Waals surface area contributed by atoms with Crippen molar-refractivity contribution < 1.29 is 13.9 Å². The lowest BCUT2D eigenvalue weighted by Gasteiger charge is -2.51. The normalized spacial score (nSPS) is 23.3. The van der Waals surface area contributed by atoms with E-state index in [1.165, 1.54) is 10.4 Å². The van der Waals surface area contributed by atoms with Crippen molar-refractivity contribution >= 4 is 18.7 Å². The van der Waals surface area contributed by atoms with Crippen LogP contribution in [-0.4, -0.2) is 32.9 Å². The zero-order valence-electron chi connectivity index (χ0n) is 22.4. The standard InChI is InChI=1S/C30H44O3Si/c1-10-26-29(6,7)27(33-30(8,9)32-26)21-23(2)22-31-34(28(3,4)5,24-17-13-11-14-18-24)25-19-15-12-16-20-25/h10-20,23,26-27H,1,21-22H2,2-9H3/t23-,26-,27-/m0/s1. The van der Waals surface area contributed by atoms with Gasteiger partial charge in [0.05, 0.1) is 12.2 Å². The van der Waals surface area contributed by atoms with E-state index >= 15 is 0 Å². The first-order valence-corrected chi connectivity index (χ1v) is 14.5. The summed E-state index contributed by atoms with van der Waals surface area (Å²) in [7, 11) is -2.54. The van der Waals surface area contributed by atoms with Gasteiger partial charge < -0.3 is 13.9 Å². The maximum Gasteiger partial charge on any atom is 0.261 e. The maximum absolute atomic E-state index is 7.17. The molecule has 1 saturated heterocycles. The molecule has 2 aromatic rings. The van der Waals surface area contributed by atoms with Gasteiger partial charge in [0.2, 0.25) is 0 Å². The van der Waals surface area contributed by atoms with Crippen LogP contribution in [0.25, 0.3) is 0 Å². The first-order chi connectivity index (χ1) is 15.8. The van der Waals surface area contributed by atoms with Crippen molar-refractivity contribution in [2.75, 3.05) is 6.61 Å². The van der Waals surface area contributed by atoms with Crippen LogP contribution in [0.1, 0.15) is 61.8 Å². The summed E-state index contributed by atoms with van der Waals surface area (Å²) in [5.41, 5.74) is -0.164. The first-order valence-electron chi connectivity index (χ1n) is 12.6. The van der Waals surface area contributed by atoms with Crippen molar-refractivity contribution in [2.45, 2.75) is 84.8 Å². The lowest BCUT2D eigenvalue weighted by atomic mass is 9.76. The van der Waals surface area contributed by atoms with Crippen LogP contribution in [0.15, 0.2) is 73.3 Å². The molecule has 0 bridgehead atoms. The molecule has 0 unspecified atom stereocenters. The molecule has 1 heterocycles. The Morgan fingerprint density at radius 1 is 0.941 bits per heavy atom. The second-order valence-corrected chi connectivity index (χ2v) is 16.2. The third kappa shape index (κ3) is 5.41. The maximum atomic E-state index is 7.17. The molecule has 1 aliphatic rings. The average Bonchev–Trinajstić information content (AvgIpc) is 2.77. The molecule has 0 aliphatic carbocycles. The van der Waals surface area contributed by atoms with Crippen LogP contribution in [0.4, 0.5) is 0 Å². The van der Waals surface area contributed by atoms with Gasteiger partial charge in [-0.1, -0.05) is 108 Å². The molecule has 4 heteroatoms. The Morgan fingerprint density at radius 2 is 1.44 bits per heavy atom. The first kappa shape index (κ1) is 26.9. The average molecular weight is 481 g/mol. The fourth-order valence-corrected chi connectivity index (χ4v) is 10.0. The zero-order valence-corrected chi connectivity index (χ0v) is 23.4. The van der Waals surface area contributed by atoms with Crippen molar-refractivity contribution in [2.24, 2.45) is 11.3 Å². The van der Waals surface area contributed by atoms with E-state index in [0.717, 1.165) is 6.42 Å². The molecule has 1 fully saturated rings. The van der Waals surface area contributed by atoms with Gasteiger partial charge in [-0.15, -0.1) is 6.58 Å². The van der Waals surface area contributed by atoms with Gasteiger partial charge >= 0.3 is 0 Å². The smallest absolute Gasteiger partial charge is 0.261 e. The molecule has 0 N–H and O–H groups in total.